The van der Waals surface area contributed by atoms with E-state index in [-0.39, 0.29) is 11.3 Å². The molecule has 1 unspecified atom stereocenters. The fraction of sp³-hybridized carbons (Fsp3) is 0.235. The largest absolute Gasteiger partial charge is 0.449 e. The van der Waals surface area contributed by atoms with Crippen LogP contribution in [0.4, 0.5) is 5.69 Å². The maximum atomic E-state index is 12.3. The van der Waals surface area contributed by atoms with Crippen molar-refractivity contribution in [2.24, 2.45) is 0 Å². The minimum Gasteiger partial charge on any atom is -0.449 e. The number of nitrogens with one attached hydrogen (secondary N) is 1. The van der Waals surface area contributed by atoms with E-state index in [9.17, 15) is 14.4 Å². The maximum Gasteiger partial charge on any atom is 0.342 e. The van der Waals surface area contributed by atoms with Gasteiger partial charge in [-0.25, -0.2) is 9.59 Å². The second kappa shape index (κ2) is 7.72. The summed E-state index contributed by atoms with van der Waals surface area (Å²) in [6.45, 7) is 4.47. The van der Waals surface area contributed by atoms with E-state index in [1.54, 1.807) is 13.0 Å². The lowest BCUT2D eigenvalue weighted by molar-refractivity contribution is -0.123. The molecule has 1 N–H and O–H groups in total. The van der Waals surface area contributed by atoms with Crippen LogP contribution in [0.15, 0.2) is 33.5 Å². The Balaban J connectivity index is 2.12. The second-order valence-electron chi connectivity index (χ2n) is 5.34. The van der Waals surface area contributed by atoms with Gasteiger partial charge < -0.3 is 14.5 Å². The molecule has 0 aliphatic rings. The molecule has 0 radical (unpaired) electrons. The normalized spacial score (nSPS) is 11.7. The summed E-state index contributed by atoms with van der Waals surface area (Å²) in [5, 5.41) is 3.24. The van der Waals surface area contributed by atoms with E-state index in [0.717, 1.165) is 0 Å². The highest BCUT2D eigenvalue weighted by atomic mass is 35.5. The van der Waals surface area contributed by atoms with E-state index >= 15 is 0 Å². The lowest BCUT2D eigenvalue weighted by Crippen LogP contribution is -2.30. The minimum atomic E-state index is -1.10. The number of amides is 1. The molecule has 0 fully saturated rings. The van der Waals surface area contributed by atoms with Crippen LogP contribution in [-0.4, -0.2) is 18.0 Å². The monoisotopic (exact) mass is 383 g/mol. The van der Waals surface area contributed by atoms with Crippen molar-refractivity contribution in [3.63, 3.8) is 0 Å². The van der Waals surface area contributed by atoms with Gasteiger partial charge in [0.25, 0.3) is 5.91 Å². The minimum absolute atomic E-state index is 0.111. The Morgan fingerprint density at radius 1 is 1.20 bits per heavy atom. The number of benzene rings is 1. The third-order valence-corrected chi connectivity index (χ3v) is 3.94. The van der Waals surface area contributed by atoms with Crippen LogP contribution in [0, 0.1) is 13.8 Å². The first-order valence-electron chi connectivity index (χ1n) is 7.27. The van der Waals surface area contributed by atoms with Gasteiger partial charge in [0, 0.05) is 11.1 Å². The molecule has 1 heterocycles. The molecule has 8 heteroatoms. The molecular formula is C17H15Cl2NO5. The highest BCUT2D eigenvalue weighted by Crippen LogP contribution is 2.25. The third kappa shape index (κ3) is 4.61. The molecule has 1 atom stereocenters. The standard InChI is InChI=1S/C17H15Cl2NO5/c1-8-6-14(21)24-9(2)15(8)17(23)25-10(3)16(22)20-13-7-11(18)4-5-12(13)19/h4-7,10H,1-3H3,(H,20,22). The number of ether oxygens (including phenoxy) is 1. The molecule has 2 aromatic rings. The van der Waals surface area contributed by atoms with Gasteiger partial charge in [-0.05, 0) is 44.5 Å². The number of carbonyl (C=O) groups is 2. The van der Waals surface area contributed by atoms with Crippen molar-refractivity contribution in [1.29, 1.82) is 0 Å². The average Bonchev–Trinajstić information content (AvgIpc) is 2.49. The summed E-state index contributed by atoms with van der Waals surface area (Å²) >= 11 is 11.8. The van der Waals surface area contributed by atoms with E-state index in [0.29, 0.717) is 21.3 Å². The van der Waals surface area contributed by atoms with Crippen LogP contribution >= 0.6 is 23.2 Å². The van der Waals surface area contributed by atoms with Gasteiger partial charge in [-0.3, -0.25) is 4.79 Å². The lowest BCUT2D eigenvalue weighted by atomic mass is 10.1. The summed E-state index contributed by atoms with van der Waals surface area (Å²) in [5.74, 6) is -1.22. The Morgan fingerprint density at radius 3 is 2.52 bits per heavy atom. The molecule has 1 amide bonds. The molecule has 0 spiro atoms. The summed E-state index contributed by atoms with van der Waals surface area (Å²) in [6, 6.07) is 5.78. The van der Waals surface area contributed by atoms with Crippen molar-refractivity contribution in [1.82, 2.24) is 0 Å². The Labute approximate surface area is 153 Å². The smallest absolute Gasteiger partial charge is 0.342 e. The SMILES string of the molecule is Cc1cc(=O)oc(C)c1C(=O)OC(C)C(=O)Nc1cc(Cl)ccc1Cl. The summed E-state index contributed by atoms with van der Waals surface area (Å²) in [4.78, 5) is 35.8. The van der Waals surface area contributed by atoms with Gasteiger partial charge in [-0.15, -0.1) is 0 Å². The molecule has 0 aliphatic heterocycles. The number of anilines is 1. The third-order valence-electron chi connectivity index (χ3n) is 3.38. The van der Waals surface area contributed by atoms with Crippen LogP contribution in [0.1, 0.15) is 28.6 Å². The maximum absolute atomic E-state index is 12.3. The fourth-order valence-electron chi connectivity index (χ4n) is 2.16. The Bertz CT molecular complexity index is 865. The van der Waals surface area contributed by atoms with Crippen LogP contribution < -0.4 is 10.9 Å². The molecule has 0 saturated carbocycles. The number of hydrogen-bond acceptors (Lipinski definition) is 5. The molecule has 1 aromatic carbocycles. The van der Waals surface area contributed by atoms with Crippen molar-refractivity contribution >= 4 is 40.8 Å². The number of aryl methyl sites for hydroxylation is 2. The Morgan fingerprint density at radius 2 is 1.88 bits per heavy atom. The number of hydrogen-bond donors (Lipinski definition) is 1. The van der Waals surface area contributed by atoms with Crippen molar-refractivity contribution in [3.8, 4) is 0 Å². The zero-order valence-electron chi connectivity index (χ0n) is 13.7. The van der Waals surface area contributed by atoms with E-state index in [2.05, 4.69) is 5.32 Å². The highest BCUT2D eigenvalue weighted by Gasteiger charge is 2.23. The van der Waals surface area contributed by atoms with Crippen LogP contribution in [0.2, 0.25) is 10.0 Å². The second-order valence-corrected chi connectivity index (χ2v) is 6.18. The summed E-state index contributed by atoms with van der Waals surface area (Å²) in [6.07, 6.45) is -1.10. The average molecular weight is 384 g/mol. The molecule has 2 rings (SSSR count). The molecular weight excluding hydrogens is 369 g/mol. The van der Waals surface area contributed by atoms with Crippen molar-refractivity contribution in [2.75, 3.05) is 5.32 Å². The fourth-order valence-corrected chi connectivity index (χ4v) is 2.50. The summed E-state index contributed by atoms with van der Waals surface area (Å²) < 4.78 is 10.0. The molecule has 0 bridgehead atoms. The van der Waals surface area contributed by atoms with Gasteiger partial charge >= 0.3 is 11.6 Å². The first-order valence-corrected chi connectivity index (χ1v) is 8.03. The number of carbonyl (C=O) groups excluding carboxylic acids is 2. The number of rotatable bonds is 4. The Hall–Kier alpha value is -2.31. The molecule has 132 valence electrons. The quantitative estimate of drug-likeness (QED) is 0.812. The Kier molecular flexibility index (Phi) is 5.87. The predicted octanol–water partition coefficient (Wildman–Crippen LogP) is 3.75. The van der Waals surface area contributed by atoms with E-state index in [4.69, 9.17) is 32.4 Å². The van der Waals surface area contributed by atoms with Gasteiger partial charge in [0.2, 0.25) is 0 Å². The molecule has 0 saturated heterocycles. The van der Waals surface area contributed by atoms with E-state index in [1.807, 2.05) is 0 Å². The number of esters is 1. The van der Waals surface area contributed by atoms with Crippen LogP contribution in [0.25, 0.3) is 0 Å². The van der Waals surface area contributed by atoms with Gasteiger partial charge in [0.05, 0.1) is 10.7 Å². The summed E-state index contributed by atoms with van der Waals surface area (Å²) in [7, 11) is 0. The van der Waals surface area contributed by atoms with Crippen LogP contribution in [-0.2, 0) is 9.53 Å². The van der Waals surface area contributed by atoms with Gasteiger partial charge in [0.15, 0.2) is 6.10 Å². The van der Waals surface area contributed by atoms with Crippen molar-refractivity contribution in [2.45, 2.75) is 26.9 Å². The molecule has 25 heavy (non-hydrogen) atoms. The zero-order valence-corrected chi connectivity index (χ0v) is 15.2. The summed E-state index contributed by atoms with van der Waals surface area (Å²) in [5.41, 5.74) is 0.261. The first-order chi connectivity index (χ1) is 11.7. The van der Waals surface area contributed by atoms with Crippen molar-refractivity contribution < 1.29 is 18.7 Å². The molecule has 6 nitrogen and oxygen atoms in total. The van der Waals surface area contributed by atoms with Crippen LogP contribution in [0.3, 0.4) is 0 Å². The predicted molar refractivity (Wildman–Crippen MR) is 94.4 cm³/mol. The first kappa shape index (κ1) is 19.0. The van der Waals surface area contributed by atoms with Crippen molar-refractivity contribution in [3.05, 3.63) is 61.6 Å². The van der Waals surface area contributed by atoms with E-state index in [1.165, 1.54) is 32.0 Å². The lowest BCUT2D eigenvalue weighted by Gasteiger charge is -2.15. The zero-order chi connectivity index (χ0) is 18.7. The van der Waals surface area contributed by atoms with Gasteiger partial charge in [-0.1, -0.05) is 23.2 Å². The molecule has 0 aliphatic carbocycles. The number of halogens is 2. The molecule has 1 aromatic heterocycles. The highest BCUT2D eigenvalue weighted by molar-refractivity contribution is 6.35. The van der Waals surface area contributed by atoms with Crippen LogP contribution in [0.5, 0.6) is 0 Å². The van der Waals surface area contributed by atoms with Gasteiger partial charge in [-0.2, -0.15) is 0 Å². The van der Waals surface area contributed by atoms with Gasteiger partial charge in [0.1, 0.15) is 11.3 Å². The topological polar surface area (TPSA) is 85.6 Å². The van der Waals surface area contributed by atoms with E-state index < -0.39 is 23.6 Å².